The third-order valence-electron chi connectivity index (χ3n) is 2.58. The van der Waals surface area contributed by atoms with Crippen molar-refractivity contribution in [1.29, 1.82) is 0 Å². The Morgan fingerprint density at radius 3 is 2.83 bits per heavy atom. The molecule has 0 amide bonds. The van der Waals surface area contributed by atoms with Crippen molar-refractivity contribution in [2.45, 2.75) is 6.04 Å². The Kier molecular flexibility index (Phi) is 5.33. The summed E-state index contributed by atoms with van der Waals surface area (Å²) in [6, 6.07) is 2.72. The van der Waals surface area contributed by atoms with Gasteiger partial charge in [-0.05, 0) is 6.07 Å². The minimum absolute atomic E-state index is 0. The third-order valence-corrected chi connectivity index (χ3v) is 3.04. The molecular weight excluding hydrogens is 327 g/mol. The SMILES string of the molecule is Cl.O=[N+]([O-])c1cc(Br)cc([C@@H]2COCCN2)c1O. The summed E-state index contributed by atoms with van der Waals surface area (Å²) in [5, 5.41) is 23.8. The second kappa shape index (κ2) is 6.33. The maximum atomic E-state index is 10.8. The number of morpholine rings is 1. The van der Waals surface area contributed by atoms with E-state index in [0.717, 1.165) is 0 Å². The molecular formula is C10H12BrClN2O4. The number of hydrogen-bond donors (Lipinski definition) is 2. The van der Waals surface area contributed by atoms with Crippen molar-refractivity contribution in [1.82, 2.24) is 5.32 Å². The second-order valence-corrected chi connectivity index (χ2v) is 4.62. The molecule has 1 saturated heterocycles. The van der Waals surface area contributed by atoms with Crippen LogP contribution in [0.25, 0.3) is 0 Å². The van der Waals surface area contributed by atoms with E-state index in [1.807, 2.05) is 0 Å². The Morgan fingerprint density at radius 1 is 1.56 bits per heavy atom. The molecule has 1 atom stereocenters. The predicted octanol–water partition coefficient (Wildman–Crippen LogP) is 2.15. The molecule has 8 heteroatoms. The number of nitrogens with zero attached hydrogens (tertiary/aromatic N) is 1. The molecule has 1 fully saturated rings. The van der Waals surface area contributed by atoms with Gasteiger partial charge >= 0.3 is 5.69 Å². The molecule has 2 N–H and O–H groups in total. The van der Waals surface area contributed by atoms with Crippen molar-refractivity contribution >= 4 is 34.0 Å². The number of rotatable bonds is 2. The fourth-order valence-corrected chi connectivity index (χ4v) is 2.24. The van der Waals surface area contributed by atoms with Gasteiger partial charge in [0.05, 0.1) is 24.2 Å². The van der Waals surface area contributed by atoms with E-state index >= 15 is 0 Å². The maximum Gasteiger partial charge on any atom is 0.312 e. The van der Waals surface area contributed by atoms with Crippen LogP contribution >= 0.6 is 28.3 Å². The van der Waals surface area contributed by atoms with E-state index < -0.39 is 4.92 Å². The average molecular weight is 340 g/mol. The highest BCUT2D eigenvalue weighted by Gasteiger charge is 2.25. The van der Waals surface area contributed by atoms with Crippen LogP contribution in [-0.4, -0.2) is 29.8 Å². The monoisotopic (exact) mass is 338 g/mol. The first-order valence-electron chi connectivity index (χ1n) is 5.07. The van der Waals surface area contributed by atoms with Crippen molar-refractivity contribution in [2.24, 2.45) is 0 Å². The molecule has 0 unspecified atom stereocenters. The zero-order valence-corrected chi connectivity index (χ0v) is 11.7. The smallest absolute Gasteiger partial charge is 0.312 e. The summed E-state index contributed by atoms with van der Waals surface area (Å²) in [6.07, 6.45) is 0. The van der Waals surface area contributed by atoms with E-state index in [1.165, 1.54) is 6.07 Å². The third kappa shape index (κ3) is 3.11. The molecule has 1 aromatic rings. The van der Waals surface area contributed by atoms with Crippen LogP contribution in [0.15, 0.2) is 16.6 Å². The first-order chi connectivity index (χ1) is 8.09. The number of hydrogen-bond acceptors (Lipinski definition) is 5. The summed E-state index contributed by atoms with van der Waals surface area (Å²) in [5.74, 6) is -0.304. The first-order valence-corrected chi connectivity index (χ1v) is 5.87. The van der Waals surface area contributed by atoms with Crippen molar-refractivity contribution < 1.29 is 14.8 Å². The van der Waals surface area contributed by atoms with Crippen LogP contribution in [0.5, 0.6) is 5.75 Å². The summed E-state index contributed by atoms with van der Waals surface area (Å²) in [7, 11) is 0. The van der Waals surface area contributed by atoms with Crippen molar-refractivity contribution in [3.8, 4) is 5.75 Å². The number of benzene rings is 1. The lowest BCUT2D eigenvalue weighted by atomic mass is 10.0. The molecule has 6 nitrogen and oxygen atoms in total. The fourth-order valence-electron chi connectivity index (χ4n) is 1.78. The minimum atomic E-state index is -0.604. The fraction of sp³-hybridized carbons (Fsp3) is 0.400. The Labute approximate surface area is 118 Å². The van der Waals surface area contributed by atoms with E-state index in [1.54, 1.807) is 6.07 Å². The first kappa shape index (κ1) is 15.2. The predicted molar refractivity (Wildman–Crippen MR) is 71.3 cm³/mol. The lowest BCUT2D eigenvalue weighted by Gasteiger charge is -2.24. The molecule has 2 rings (SSSR count). The number of nitro groups is 1. The van der Waals surface area contributed by atoms with Gasteiger partial charge in [0.25, 0.3) is 0 Å². The zero-order valence-electron chi connectivity index (χ0n) is 9.26. The van der Waals surface area contributed by atoms with E-state index in [9.17, 15) is 15.2 Å². The van der Waals surface area contributed by atoms with Crippen LogP contribution in [0.1, 0.15) is 11.6 Å². The van der Waals surface area contributed by atoms with Gasteiger partial charge in [0.15, 0.2) is 5.75 Å². The number of aromatic hydroxyl groups is 1. The van der Waals surface area contributed by atoms with Crippen LogP contribution in [0.2, 0.25) is 0 Å². The highest BCUT2D eigenvalue weighted by molar-refractivity contribution is 9.10. The van der Waals surface area contributed by atoms with Crippen LogP contribution in [0, 0.1) is 10.1 Å². The number of ether oxygens (including phenoxy) is 1. The molecule has 1 aliphatic heterocycles. The van der Waals surface area contributed by atoms with Crippen molar-refractivity contribution in [3.05, 3.63) is 32.3 Å². The van der Waals surface area contributed by atoms with Gasteiger partial charge in [0, 0.05) is 22.6 Å². The summed E-state index contributed by atoms with van der Waals surface area (Å²) in [5.41, 5.74) is 0.174. The Morgan fingerprint density at radius 2 is 2.28 bits per heavy atom. The second-order valence-electron chi connectivity index (χ2n) is 3.70. The van der Waals surface area contributed by atoms with E-state index in [-0.39, 0.29) is 29.9 Å². The number of phenolic OH excluding ortho intramolecular Hbond substituents is 1. The standard InChI is InChI=1S/C10H11BrN2O4.ClH/c11-6-3-7(8-5-17-2-1-12-8)10(14)9(4-6)13(15)16;/h3-4,8,12,14H,1-2,5H2;1H/t8-;/m0./s1. The van der Waals surface area contributed by atoms with Gasteiger partial charge in [-0.3, -0.25) is 10.1 Å². The van der Waals surface area contributed by atoms with Crippen molar-refractivity contribution in [2.75, 3.05) is 19.8 Å². The van der Waals surface area contributed by atoms with Gasteiger partial charge < -0.3 is 15.2 Å². The molecule has 100 valence electrons. The summed E-state index contributed by atoms with van der Waals surface area (Å²) in [4.78, 5) is 10.2. The van der Waals surface area contributed by atoms with E-state index in [0.29, 0.717) is 29.8 Å². The van der Waals surface area contributed by atoms with Gasteiger partial charge in [0.1, 0.15) is 0 Å². The quantitative estimate of drug-likeness (QED) is 0.637. The summed E-state index contributed by atoms with van der Waals surface area (Å²) < 4.78 is 5.83. The Hall–Kier alpha value is -0.890. The molecule has 1 aromatic carbocycles. The normalized spacial score (nSPS) is 19.1. The largest absolute Gasteiger partial charge is 0.502 e. The average Bonchev–Trinajstić information content (AvgIpc) is 2.32. The zero-order chi connectivity index (χ0) is 12.4. The van der Waals surface area contributed by atoms with Gasteiger partial charge in [-0.25, -0.2) is 0 Å². The van der Waals surface area contributed by atoms with E-state index in [2.05, 4.69) is 21.2 Å². The molecule has 1 heterocycles. The topological polar surface area (TPSA) is 84.6 Å². The maximum absolute atomic E-state index is 10.8. The van der Waals surface area contributed by atoms with Gasteiger partial charge in [0.2, 0.25) is 0 Å². The highest BCUT2D eigenvalue weighted by Crippen LogP contribution is 2.37. The molecule has 0 saturated carbocycles. The number of halogens is 2. The highest BCUT2D eigenvalue weighted by atomic mass is 79.9. The summed E-state index contributed by atoms with van der Waals surface area (Å²) in [6.45, 7) is 1.65. The summed E-state index contributed by atoms with van der Waals surface area (Å²) >= 11 is 3.20. The molecule has 0 aromatic heterocycles. The van der Waals surface area contributed by atoms with Crippen LogP contribution in [0.3, 0.4) is 0 Å². The van der Waals surface area contributed by atoms with Crippen LogP contribution in [-0.2, 0) is 4.74 Å². The molecule has 0 bridgehead atoms. The molecule has 0 radical (unpaired) electrons. The van der Waals surface area contributed by atoms with Gasteiger partial charge in [-0.15, -0.1) is 12.4 Å². The van der Waals surface area contributed by atoms with Crippen molar-refractivity contribution in [3.63, 3.8) is 0 Å². The number of nitrogens with one attached hydrogen (secondary N) is 1. The van der Waals surface area contributed by atoms with Crippen LogP contribution in [0.4, 0.5) is 5.69 Å². The minimum Gasteiger partial charge on any atom is -0.502 e. The number of phenols is 1. The number of nitro benzene ring substituents is 1. The van der Waals surface area contributed by atoms with Gasteiger partial charge in [-0.1, -0.05) is 15.9 Å². The molecule has 1 aliphatic rings. The molecule has 18 heavy (non-hydrogen) atoms. The lowest BCUT2D eigenvalue weighted by molar-refractivity contribution is -0.386. The Balaban J connectivity index is 0.00000162. The molecule has 0 aliphatic carbocycles. The molecule has 0 spiro atoms. The Bertz CT molecular complexity index is 452. The lowest BCUT2D eigenvalue weighted by Crippen LogP contribution is -2.34. The van der Waals surface area contributed by atoms with Gasteiger partial charge in [-0.2, -0.15) is 0 Å². The van der Waals surface area contributed by atoms with E-state index in [4.69, 9.17) is 4.74 Å². The van der Waals surface area contributed by atoms with Crippen LogP contribution < -0.4 is 5.32 Å².